The van der Waals surface area contributed by atoms with Crippen molar-refractivity contribution in [3.05, 3.63) is 41.2 Å². The van der Waals surface area contributed by atoms with E-state index in [0.29, 0.717) is 0 Å². The molecule has 1 aromatic carbocycles. The highest BCUT2D eigenvalue weighted by atomic mass is 16.5. The number of rotatable bonds is 5. The number of hydrogen-bond acceptors (Lipinski definition) is 6. The molecule has 2 heterocycles. The normalized spacial score (nSPS) is 21.6. The molecule has 1 fully saturated rings. The summed E-state index contributed by atoms with van der Waals surface area (Å²) in [6.45, 7) is 2.94. The quantitative estimate of drug-likeness (QED) is 0.792. The van der Waals surface area contributed by atoms with Crippen molar-refractivity contribution in [2.75, 3.05) is 46.3 Å². The zero-order valence-electron chi connectivity index (χ0n) is 17.4. The maximum absolute atomic E-state index is 5.61. The summed E-state index contributed by atoms with van der Waals surface area (Å²) in [5.41, 5.74) is 3.85. The molecular formula is C22H30N4O2. The van der Waals surface area contributed by atoms with Gasteiger partial charge < -0.3 is 14.4 Å². The number of ether oxygens (including phenoxy) is 2. The van der Waals surface area contributed by atoms with E-state index in [0.717, 1.165) is 55.5 Å². The Morgan fingerprint density at radius 3 is 2.57 bits per heavy atom. The number of likely N-dealkylation sites (tertiary alicyclic amines) is 1. The van der Waals surface area contributed by atoms with Gasteiger partial charge in [-0.1, -0.05) is 6.07 Å². The molecule has 2 aromatic rings. The highest BCUT2D eigenvalue weighted by Crippen LogP contribution is 2.45. The Labute approximate surface area is 167 Å². The second-order valence-corrected chi connectivity index (χ2v) is 8.17. The van der Waals surface area contributed by atoms with Crippen LogP contribution in [0.15, 0.2) is 24.4 Å². The zero-order valence-corrected chi connectivity index (χ0v) is 17.4. The maximum Gasteiger partial charge on any atom is 0.225 e. The van der Waals surface area contributed by atoms with Crippen molar-refractivity contribution in [3.63, 3.8) is 0 Å². The zero-order chi connectivity index (χ0) is 19.7. The molecule has 6 heteroatoms. The molecule has 6 nitrogen and oxygen atoms in total. The van der Waals surface area contributed by atoms with Crippen LogP contribution >= 0.6 is 0 Å². The number of hydrogen-bond donors (Lipinski definition) is 0. The van der Waals surface area contributed by atoms with Gasteiger partial charge in [0.2, 0.25) is 5.95 Å². The van der Waals surface area contributed by atoms with Crippen LogP contribution in [0.4, 0.5) is 5.95 Å². The SMILES string of the molecule is COc1cccc(OC)c1CN1CCCC2(CCc3cnc(N(C)C)nc32)C1. The van der Waals surface area contributed by atoms with Crippen molar-refractivity contribution < 1.29 is 9.47 Å². The van der Waals surface area contributed by atoms with Crippen LogP contribution in [0.5, 0.6) is 11.5 Å². The summed E-state index contributed by atoms with van der Waals surface area (Å²) in [5, 5.41) is 0. The molecule has 0 saturated carbocycles. The van der Waals surface area contributed by atoms with Crippen molar-refractivity contribution in [2.24, 2.45) is 0 Å². The second kappa shape index (κ2) is 7.59. The van der Waals surface area contributed by atoms with Gasteiger partial charge in [0.25, 0.3) is 0 Å². The lowest BCUT2D eigenvalue weighted by Crippen LogP contribution is -2.45. The number of methoxy groups -OCH3 is 2. The fourth-order valence-electron chi connectivity index (χ4n) is 4.81. The standard InChI is InChI=1S/C22H30N4O2/c1-25(2)21-23-13-16-9-11-22(20(16)24-21)10-6-12-26(15-22)14-17-18(27-3)7-5-8-19(17)28-4/h5,7-8,13H,6,9-12,14-15H2,1-4H3. The van der Waals surface area contributed by atoms with Gasteiger partial charge in [-0.05, 0) is 49.9 Å². The van der Waals surface area contributed by atoms with Gasteiger partial charge in [-0.3, -0.25) is 4.90 Å². The number of anilines is 1. The molecule has 4 rings (SSSR count). The van der Waals surface area contributed by atoms with Crippen LogP contribution < -0.4 is 14.4 Å². The lowest BCUT2D eigenvalue weighted by atomic mass is 9.77. The Balaban J connectivity index is 1.62. The predicted octanol–water partition coefficient (Wildman–Crippen LogP) is 3.04. The van der Waals surface area contributed by atoms with E-state index in [9.17, 15) is 0 Å². The molecule has 1 atom stereocenters. The Bertz CT molecular complexity index is 828. The fraction of sp³-hybridized carbons (Fsp3) is 0.545. The van der Waals surface area contributed by atoms with Crippen LogP contribution in [-0.2, 0) is 18.4 Å². The maximum atomic E-state index is 5.61. The van der Waals surface area contributed by atoms with Gasteiger partial charge in [0.1, 0.15) is 11.5 Å². The minimum atomic E-state index is 0.135. The highest BCUT2D eigenvalue weighted by Gasteiger charge is 2.44. The van der Waals surface area contributed by atoms with E-state index >= 15 is 0 Å². The van der Waals surface area contributed by atoms with Gasteiger partial charge in [-0.2, -0.15) is 0 Å². The van der Waals surface area contributed by atoms with Crippen LogP contribution in [0, 0.1) is 0 Å². The van der Waals surface area contributed by atoms with E-state index in [2.05, 4.69) is 9.88 Å². The Hall–Kier alpha value is -2.34. The molecule has 1 saturated heterocycles. The Morgan fingerprint density at radius 1 is 1.14 bits per heavy atom. The number of nitrogens with zero attached hydrogens (tertiary/aromatic N) is 4. The number of piperidine rings is 1. The fourth-order valence-corrected chi connectivity index (χ4v) is 4.81. The van der Waals surface area contributed by atoms with Gasteiger partial charge in [-0.15, -0.1) is 0 Å². The number of fused-ring (bicyclic) bond motifs is 2. The van der Waals surface area contributed by atoms with E-state index in [4.69, 9.17) is 14.5 Å². The van der Waals surface area contributed by atoms with E-state index in [1.54, 1.807) is 14.2 Å². The third kappa shape index (κ3) is 3.30. The largest absolute Gasteiger partial charge is 0.496 e. The first-order valence-corrected chi connectivity index (χ1v) is 10.0. The first kappa shape index (κ1) is 19.0. The first-order chi connectivity index (χ1) is 13.6. The van der Waals surface area contributed by atoms with Crippen molar-refractivity contribution in [1.29, 1.82) is 0 Å². The molecule has 1 aliphatic carbocycles. The van der Waals surface area contributed by atoms with Crippen molar-refractivity contribution in [3.8, 4) is 11.5 Å². The summed E-state index contributed by atoms with van der Waals surface area (Å²) in [7, 11) is 7.46. The van der Waals surface area contributed by atoms with Crippen LogP contribution in [0.3, 0.4) is 0 Å². The molecule has 28 heavy (non-hydrogen) atoms. The average molecular weight is 383 g/mol. The molecule has 150 valence electrons. The summed E-state index contributed by atoms with van der Waals surface area (Å²) >= 11 is 0. The van der Waals surface area contributed by atoms with Crippen LogP contribution in [0.2, 0.25) is 0 Å². The van der Waals surface area contributed by atoms with E-state index in [1.807, 2.05) is 43.4 Å². The van der Waals surface area contributed by atoms with E-state index in [1.165, 1.54) is 24.1 Å². The van der Waals surface area contributed by atoms with Gasteiger partial charge in [0.05, 0.1) is 25.5 Å². The smallest absolute Gasteiger partial charge is 0.225 e. The summed E-state index contributed by atoms with van der Waals surface area (Å²) in [6.07, 6.45) is 6.65. The molecule has 0 N–H and O–H groups in total. The molecular weight excluding hydrogens is 352 g/mol. The number of aromatic nitrogens is 2. The first-order valence-electron chi connectivity index (χ1n) is 10.0. The van der Waals surface area contributed by atoms with Crippen LogP contribution in [-0.4, -0.2) is 56.3 Å². The molecule has 1 unspecified atom stereocenters. The molecule has 2 aliphatic rings. The summed E-state index contributed by atoms with van der Waals surface area (Å²) < 4.78 is 11.2. The van der Waals surface area contributed by atoms with E-state index in [-0.39, 0.29) is 5.41 Å². The third-order valence-electron chi connectivity index (χ3n) is 6.19. The van der Waals surface area contributed by atoms with Crippen molar-refractivity contribution in [1.82, 2.24) is 14.9 Å². The molecule has 0 radical (unpaired) electrons. The van der Waals surface area contributed by atoms with Gasteiger partial charge in [-0.25, -0.2) is 9.97 Å². The molecule has 1 aliphatic heterocycles. The summed E-state index contributed by atoms with van der Waals surface area (Å²) in [4.78, 5) is 14.0. The topological polar surface area (TPSA) is 50.7 Å². The van der Waals surface area contributed by atoms with Crippen molar-refractivity contribution >= 4 is 5.95 Å². The molecule has 1 aromatic heterocycles. The minimum absolute atomic E-state index is 0.135. The van der Waals surface area contributed by atoms with E-state index < -0.39 is 0 Å². The van der Waals surface area contributed by atoms with Crippen LogP contribution in [0.25, 0.3) is 0 Å². The number of aryl methyl sites for hydroxylation is 1. The summed E-state index contributed by atoms with van der Waals surface area (Å²) in [6, 6.07) is 6.00. The lowest BCUT2D eigenvalue weighted by molar-refractivity contribution is 0.134. The highest BCUT2D eigenvalue weighted by molar-refractivity contribution is 5.45. The van der Waals surface area contributed by atoms with Gasteiger partial charge >= 0.3 is 0 Å². The third-order valence-corrected chi connectivity index (χ3v) is 6.19. The molecule has 0 amide bonds. The van der Waals surface area contributed by atoms with Crippen LogP contribution in [0.1, 0.15) is 36.1 Å². The lowest BCUT2D eigenvalue weighted by Gasteiger charge is -2.41. The van der Waals surface area contributed by atoms with Gasteiger partial charge in [0, 0.05) is 38.8 Å². The number of benzene rings is 1. The molecule has 0 bridgehead atoms. The van der Waals surface area contributed by atoms with Gasteiger partial charge in [0.15, 0.2) is 0 Å². The minimum Gasteiger partial charge on any atom is -0.496 e. The predicted molar refractivity (Wildman–Crippen MR) is 110 cm³/mol. The average Bonchev–Trinajstić information content (AvgIpc) is 3.05. The van der Waals surface area contributed by atoms with Crippen molar-refractivity contribution in [2.45, 2.75) is 37.6 Å². The monoisotopic (exact) mass is 382 g/mol. The summed E-state index contributed by atoms with van der Waals surface area (Å²) in [5.74, 6) is 2.59. The second-order valence-electron chi connectivity index (χ2n) is 8.17. The molecule has 1 spiro atoms. The Kier molecular flexibility index (Phi) is 5.15. The Morgan fingerprint density at radius 2 is 1.89 bits per heavy atom.